The monoisotopic (exact) mass is 258 g/mol. The third kappa shape index (κ3) is 3.03. The maximum Gasteiger partial charge on any atom is 0.0669 e. The fourth-order valence-electron chi connectivity index (χ4n) is 2.39. The molecule has 0 aliphatic rings. The minimum atomic E-state index is 0.0861. The summed E-state index contributed by atoms with van der Waals surface area (Å²) in [5.74, 6) is 5.73. The number of hydrogen-bond donors (Lipinski definition) is 2. The molecular weight excluding hydrogens is 236 g/mol. The molecule has 1 heterocycles. The van der Waals surface area contributed by atoms with E-state index in [1.807, 2.05) is 16.9 Å². The standard InChI is InChI=1S/C15H22N4/c1-4-19-15(7-8-17-19)14(18-16)10-13-9-11(2)5-6-12(13)3/h5-9,14,18H,4,10,16H2,1-3H3. The SMILES string of the molecule is CCn1nccc1C(Cc1cc(C)ccc1C)NN. The summed E-state index contributed by atoms with van der Waals surface area (Å²) in [7, 11) is 0. The molecule has 1 atom stereocenters. The highest BCUT2D eigenvalue weighted by atomic mass is 15.3. The summed E-state index contributed by atoms with van der Waals surface area (Å²) in [5.41, 5.74) is 7.95. The van der Waals surface area contributed by atoms with E-state index < -0.39 is 0 Å². The van der Waals surface area contributed by atoms with Gasteiger partial charge in [0.15, 0.2) is 0 Å². The van der Waals surface area contributed by atoms with Crippen LogP contribution in [0.4, 0.5) is 0 Å². The number of aromatic nitrogens is 2. The van der Waals surface area contributed by atoms with Crippen molar-refractivity contribution in [2.45, 2.75) is 39.8 Å². The molecule has 2 rings (SSSR count). The molecule has 0 saturated heterocycles. The van der Waals surface area contributed by atoms with Gasteiger partial charge < -0.3 is 0 Å². The van der Waals surface area contributed by atoms with Crippen LogP contribution in [0.1, 0.15) is 35.3 Å². The molecule has 0 aliphatic carbocycles. The third-order valence-corrected chi connectivity index (χ3v) is 3.54. The van der Waals surface area contributed by atoms with Gasteiger partial charge in [-0.05, 0) is 44.4 Å². The van der Waals surface area contributed by atoms with E-state index in [1.165, 1.54) is 16.7 Å². The van der Waals surface area contributed by atoms with Gasteiger partial charge in [-0.15, -0.1) is 0 Å². The van der Waals surface area contributed by atoms with Gasteiger partial charge in [0, 0.05) is 12.7 Å². The Kier molecular flexibility index (Phi) is 4.35. The number of nitrogens with zero attached hydrogens (tertiary/aromatic N) is 2. The van der Waals surface area contributed by atoms with E-state index in [2.05, 4.69) is 49.5 Å². The van der Waals surface area contributed by atoms with Crippen LogP contribution in [-0.4, -0.2) is 9.78 Å². The van der Waals surface area contributed by atoms with Crippen molar-refractivity contribution < 1.29 is 0 Å². The van der Waals surface area contributed by atoms with Gasteiger partial charge in [-0.1, -0.05) is 23.8 Å². The van der Waals surface area contributed by atoms with Gasteiger partial charge in [0.2, 0.25) is 0 Å². The molecule has 19 heavy (non-hydrogen) atoms. The zero-order valence-electron chi connectivity index (χ0n) is 11.9. The fraction of sp³-hybridized carbons (Fsp3) is 0.400. The van der Waals surface area contributed by atoms with Crippen LogP contribution in [0.15, 0.2) is 30.5 Å². The highest BCUT2D eigenvalue weighted by Crippen LogP contribution is 2.20. The fourth-order valence-corrected chi connectivity index (χ4v) is 2.39. The normalized spacial score (nSPS) is 12.6. The van der Waals surface area contributed by atoms with Crippen LogP contribution in [0.25, 0.3) is 0 Å². The molecule has 1 unspecified atom stereocenters. The number of aryl methyl sites for hydroxylation is 3. The van der Waals surface area contributed by atoms with E-state index in [1.54, 1.807) is 0 Å². The predicted molar refractivity (Wildman–Crippen MR) is 77.6 cm³/mol. The highest BCUT2D eigenvalue weighted by Gasteiger charge is 2.15. The van der Waals surface area contributed by atoms with Gasteiger partial charge in [-0.2, -0.15) is 5.10 Å². The lowest BCUT2D eigenvalue weighted by Gasteiger charge is -2.18. The molecule has 0 bridgehead atoms. The minimum Gasteiger partial charge on any atom is -0.271 e. The number of benzene rings is 1. The van der Waals surface area contributed by atoms with Gasteiger partial charge in [0.1, 0.15) is 0 Å². The van der Waals surface area contributed by atoms with Crippen molar-refractivity contribution in [3.8, 4) is 0 Å². The summed E-state index contributed by atoms with van der Waals surface area (Å²) in [6, 6.07) is 8.64. The molecule has 4 nitrogen and oxygen atoms in total. The number of hydrogen-bond acceptors (Lipinski definition) is 3. The molecule has 3 N–H and O–H groups in total. The molecule has 0 aliphatic heterocycles. The van der Waals surface area contributed by atoms with E-state index in [0.717, 1.165) is 18.7 Å². The van der Waals surface area contributed by atoms with E-state index in [9.17, 15) is 0 Å². The Bertz CT molecular complexity index is 545. The van der Waals surface area contributed by atoms with Crippen LogP contribution in [0.3, 0.4) is 0 Å². The first kappa shape index (κ1) is 13.8. The Balaban J connectivity index is 2.26. The molecule has 0 fully saturated rings. The molecule has 0 saturated carbocycles. The summed E-state index contributed by atoms with van der Waals surface area (Å²) < 4.78 is 1.98. The summed E-state index contributed by atoms with van der Waals surface area (Å²) >= 11 is 0. The van der Waals surface area contributed by atoms with Crippen LogP contribution in [0, 0.1) is 13.8 Å². The van der Waals surface area contributed by atoms with Gasteiger partial charge in [-0.25, -0.2) is 0 Å². The summed E-state index contributed by atoms with van der Waals surface area (Å²) in [6.45, 7) is 7.19. The predicted octanol–water partition coefficient (Wildman–Crippen LogP) is 2.27. The van der Waals surface area contributed by atoms with E-state index in [4.69, 9.17) is 5.84 Å². The first-order chi connectivity index (χ1) is 9.15. The molecule has 102 valence electrons. The number of rotatable bonds is 5. The second-order valence-corrected chi connectivity index (χ2v) is 4.93. The zero-order valence-corrected chi connectivity index (χ0v) is 11.9. The van der Waals surface area contributed by atoms with Crippen LogP contribution in [0.2, 0.25) is 0 Å². The second kappa shape index (κ2) is 5.99. The maximum absolute atomic E-state index is 5.73. The maximum atomic E-state index is 5.73. The summed E-state index contributed by atoms with van der Waals surface area (Å²) in [4.78, 5) is 0. The van der Waals surface area contributed by atoms with Crippen molar-refractivity contribution in [1.82, 2.24) is 15.2 Å². The van der Waals surface area contributed by atoms with Gasteiger partial charge in [0.05, 0.1) is 11.7 Å². The van der Waals surface area contributed by atoms with Gasteiger partial charge in [0.25, 0.3) is 0 Å². The Morgan fingerprint density at radius 3 is 2.79 bits per heavy atom. The van der Waals surface area contributed by atoms with Crippen LogP contribution in [0.5, 0.6) is 0 Å². The number of hydrazine groups is 1. The first-order valence-corrected chi connectivity index (χ1v) is 6.69. The highest BCUT2D eigenvalue weighted by molar-refractivity contribution is 5.32. The minimum absolute atomic E-state index is 0.0861. The molecule has 1 aromatic carbocycles. The number of nitrogens with two attached hydrogens (primary N) is 1. The Hall–Kier alpha value is -1.65. The lowest BCUT2D eigenvalue weighted by Crippen LogP contribution is -2.31. The number of nitrogens with one attached hydrogen (secondary N) is 1. The van der Waals surface area contributed by atoms with Crippen molar-refractivity contribution in [2.75, 3.05) is 0 Å². The first-order valence-electron chi connectivity index (χ1n) is 6.69. The largest absolute Gasteiger partial charge is 0.271 e. The molecule has 0 amide bonds. The molecule has 1 aromatic heterocycles. The third-order valence-electron chi connectivity index (χ3n) is 3.54. The molecule has 2 aromatic rings. The van der Waals surface area contributed by atoms with E-state index in [0.29, 0.717) is 0 Å². The van der Waals surface area contributed by atoms with Crippen molar-refractivity contribution >= 4 is 0 Å². The van der Waals surface area contributed by atoms with E-state index in [-0.39, 0.29) is 6.04 Å². The Morgan fingerprint density at radius 1 is 1.32 bits per heavy atom. The van der Waals surface area contributed by atoms with Crippen LogP contribution < -0.4 is 11.3 Å². The zero-order chi connectivity index (χ0) is 13.8. The molecule has 0 spiro atoms. The molecular formula is C15H22N4. The van der Waals surface area contributed by atoms with Crippen molar-refractivity contribution in [3.63, 3.8) is 0 Å². The topological polar surface area (TPSA) is 55.9 Å². The summed E-state index contributed by atoms with van der Waals surface area (Å²) in [6.07, 6.45) is 2.70. The quantitative estimate of drug-likeness (QED) is 0.639. The van der Waals surface area contributed by atoms with Crippen LogP contribution >= 0.6 is 0 Å². The van der Waals surface area contributed by atoms with Gasteiger partial charge in [-0.3, -0.25) is 16.0 Å². The van der Waals surface area contributed by atoms with Crippen molar-refractivity contribution in [1.29, 1.82) is 0 Å². The van der Waals surface area contributed by atoms with E-state index >= 15 is 0 Å². The Labute approximate surface area is 114 Å². The molecule has 0 radical (unpaired) electrons. The second-order valence-electron chi connectivity index (χ2n) is 4.93. The Morgan fingerprint density at radius 2 is 2.11 bits per heavy atom. The average molecular weight is 258 g/mol. The van der Waals surface area contributed by atoms with Crippen molar-refractivity contribution in [3.05, 3.63) is 52.8 Å². The average Bonchev–Trinajstić information content (AvgIpc) is 2.88. The van der Waals surface area contributed by atoms with Crippen molar-refractivity contribution in [2.24, 2.45) is 5.84 Å². The lowest BCUT2D eigenvalue weighted by molar-refractivity contribution is 0.490. The van der Waals surface area contributed by atoms with Crippen LogP contribution in [-0.2, 0) is 13.0 Å². The molecule has 4 heteroatoms. The smallest absolute Gasteiger partial charge is 0.0669 e. The summed E-state index contributed by atoms with van der Waals surface area (Å²) in [5, 5.41) is 4.31. The lowest BCUT2D eigenvalue weighted by atomic mass is 9.97. The van der Waals surface area contributed by atoms with Gasteiger partial charge >= 0.3 is 0 Å².